The number of fused-ring (bicyclic) bond motifs is 2. The third-order valence-corrected chi connectivity index (χ3v) is 4.81. The zero-order valence-electron chi connectivity index (χ0n) is 15.7. The molecule has 0 spiro atoms. The molecule has 24 heavy (non-hydrogen) atoms. The Hall–Kier alpha value is -0.0800. The minimum absolute atomic E-state index is 0. The van der Waals surface area contributed by atoms with Crippen LogP contribution in [-0.4, -0.2) is 62.8 Å². The van der Waals surface area contributed by atoms with Gasteiger partial charge in [-0.05, 0) is 59.7 Å². The van der Waals surface area contributed by atoms with Crippen LogP contribution in [-0.2, 0) is 4.74 Å². The first-order valence-corrected chi connectivity index (χ1v) is 9.54. The standard InChI is InChI=1S/C18H36N4O.HI/c1-4-19-18(21-16-14-15-10-11-17(16)23-15)20-12-8-6-5-7-9-13-22(2)3;/h15-17H,4-14H2,1-3H3,(H2,19,20,21);1H. The molecule has 5 nitrogen and oxygen atoms in total. The van der Waals surface area contributed by atoms with Crippen LogP contribution in [0.4, 0.5) is 0 Å². The van der Waals surface area contributed by atoms with Gasteiger partial charge in [-0.15, -0.1) is 24.0 Å². The predicted molar refractivity (Wildman–Crippen MR) is 112 cm³/mol. The van der Waals surface area contributed by atoms with E-state index >= 15 is 0 Å². The maximum Gasteiger partial charge on any atom is 0.191 e. The van der Waals surface area contributed by atoms with Crippen molar-refractivity contribution in [2.24, 2.45) is 4.99 Å². The van der Waals surface area contributed by atoms with Crippen LogP contribution in [0.2, 0.25) is 0 Å². The van der Waals surface area contributed by atoms with E-state index in [2.05, 4.69) is 36.6 Å². The van der Waals surface area contributed by atoms with Gasteiger partial charge in [0, 0.05) is 13.1 Å². The van der Waals surface area contributed by atoms with Gasteiger partial charge in [0.15, 0.2) is 5.96 Å². The van der Waals surface area contributed by atoms with Crippen LogP contribution < -0.4 is 10.6 Å². The third kappa shape index (κ3) is 7.87. The maximum absolute atomic E-state index is 5.91. The number of unbranched alkanes of at least 4 members (excludes halogenated alkanes) is 4. The SMILES string of the molecule is CCNC(=NCCCCCCCN(C)C)NC1CC2CCC1O2.I. The highest BCUT2D eigenvalue weighted by atomic mass is 127. The monoisotopic (exact) mass is 452 g/mol. The second-order valence-electron chi connectivity index (χ2n) is 7.19. The zero-order valence-corrected chi connectivity index (χ0v) is 18.1. The van der Waals surface area contributed by atoms with Gasteiger partial charge in [0.2, 0.25) is 0 Å². The van der Waals surface area contributed by atoms with Crippen molar-refractivity contribution in [3.8, 4) is 0 Å². The average Bonchev–Trinajstić information content (AvgIpc) is 3.12. The Kier molecular flexibility index (Phi) is 11.3. The van der Waals surface area contributed by atoms with Crippen molar-refractivity contribution >= 4 is 29.9 Å². The molecule has 2 bridgehead atoms. The molecule has 0 aromatic rings. The number of ether oxygens (including phenoxy) is 1. The lowest BCUT2D eigenvalue weighted by molar-refractivity contribution is 0.0992. The fraction of sp³-hybridized carbons (Fsp3) is 0.944. The van der Waals surface area contributed by atoms with Crippen LogP contribution in [0.1, 0.15) is 58.3 Å². The van der Waals surface area contributed by atoms with Crippen LogP contribution in [0.15, 0.2) is 4.99 Å². The van der Waals surface area contributed by atoms with E-state index in [1.165, 1.54) is 51.5 Å². The Morgan fingerprint density at radius 2 is 1.88 bits per heavy atom. The Bertz CT molecular complexity index is 365. The molecule has 0 aromatic carbocycles. The molecule has 142 valence electrons. The van der Waals surface area contributed by atoms with Crippen molar-refractivity contribution in [3.63, 3.8) is 0 Å². The topological polar surface area (TPSA) is 48.9 Å². The van der Waals surface area contributed by atoms with E-state index < -0.39 is 0 Å². The van der Waals surface area contributed by atoms with Crippen LogP contribution in [0.5, 0.6) is 0 Å². The van der Waals surface area contributed by atoms with E-state index in [1.807, 2.05) is 0 Å². The van der Waals surface area contributed by atoms with E-state index in [-0.39, 0.29) is 24.0 Å². The lowest BCUT2D eigenvalue weighted by atomic mass is 9.96. The van der Waals surface area contributed by atoms with Crippen molar-refractivity contribution < 1.29 is 4.74 Å². The van der Waals surface area contributed by atoms with E-state index in [1.54, 1.807) is 0 Å². The van der Waals surface area contributed by atoms with Crippen molar-refractivity contribution in [3.05, 3.63) is 0 Å². The van der Waals surface area contributed by atoms with E-state index in [0.29, 0.717) is 18.2 Å². The van der Waals surface area contributed by atoms with Crippen LogP contribution in [0, 0.1) is 0 Å². The van der Waals surface area contributed by atoms with Crippen molar-refractivity contribution in [2.75, 3.05) is 33.7 Å². The van der Waals surface area contributed by atoms with Gasteiger partial charge in [-0.3, -0.25) is 4.99 Å². The summed E-state index contributed by atoms with van der Waals surface area (Å²) in [5.41, 5.74) is 0. The molecular formula is C18H37IN4O. The normalized spacial score (nSPS) is 25.8. The van der Waals surface area contributed by atoms with Gasteiger partial charge in [0.05, 0.1) is 18.2 Å². The third-order valence-electron chi connectivity index (χ3n) is 4.81. The largest absolute Gasteiger partial charge is 0.373 e. The summed E-state index contributed by atoms with van der Waals surface area (Å²) >= 11 is 0. The van der Waals surface area contributed by atoms with Crippen molar-refractivity contribution in [1.82, 2.24) is 15.5 Å². The number of nitrogens with one attached hydrogen (secondary N) is 2. The molecule has 6 heteroatoms. The van der Waals surface area contributed by atoms with Gasteiger partial charge in [-0.1, -0.05) is 19.3 Å². The summed E-state index contributed by atoms with van der Waals surface area (Å²) in [5, 5.41) is 6.95. The van der Waals surface area contributed by atoms with Gasteiger partial charge in [-0.2, -0.15) is 0 Å². The summed E-state index contributed by atoms with van der Waals surface area (Å²) in [6.45, 7) is 5.17. The number of rotatable bonds is 10. The number of guanidine groups is 1. The first kappa shape index (κ1) is 22.0. The summed E-state index contributed by atoms with van der Waals surface area (Å²) in [6, 6.07) is 0.456. The van der Waals surface area contributed by atoms with Crippen molar-refractivity contribution in [1.29, 1.82) is 0 Å². The Morgan fingerprint density at radius 3 is 2.50 bits per heavy atom. The number of nitrogens with zero attached hydrogens (tertiary/aromatic N) is 2. The minimum Gasteiger partial charge on any atom is -0.373 e. The molecule has 2 fully saturated rings. The van der Waals surface area contributed by atoms with E-state index in [0.717, 1.165) is 25.5 Å². The summed E-state index contributed by atoms with van der Waals surface area (Å²) in [4.78, 5) is 7.00. The predicted octanol–water partition coefficient (Wildman–Crippen LogP) is 2.99. The molecule has 0 radical (unpaired) electrons. The molecule has 0 aliphatic carbocycles. The second-order valence-corrected chi connectivity index (χ2v) is 7.19. The van der Waals surface area contributed by atoms with Gasteiger partial charge >= 0.3 is 0 Å². The summed E-state index contributed by atoms with van der Waals surface area (Å²) in [7, 11) is 4.29. The summed E-state index contributed by atoms with van der Waals surface area (Å²) in [6.07, 6.45) is 10.9. The molecule has 2 aliphatic heterocycles. The van der Waals surface area contributed by atoms with Gasteiger partial charge < -0.3 is 20.3 Å². The second kappa shape index (κ2) is 12.3. The lowest BCUT2D eigenvalue weighted by Crippen LogP contribution is -2.47. The molecule has 3 atom stereocenters. The first-order valence-electron chi connectivity index (χ1n) is 9.54. The molecular weight excluding hydrogens is 415 g/mol. The lowest BCUT2D eigenvalue weighted by Gasteiger charge is -2.22. The Balaban J connectivity index is 0.00000288. The van der Waals surface area contributed by atoms with Gasteiger partial charge in [0.25, 0.3) is 0 Å². The summed E-state index contributed by atoms with van der Waals surface area (Å²) < 4.78 is 5.91. The molecule has 0 aromatic heterocycles. The van der Waals surface area contributed by atoms with E-state index in [4.69, 9.17) is 9.73 Å². The molecule has 2 rings (SSSR count). The number of aliphatic imine (C=N–C) groups is 1. The number of hydrogen-bond donors (Lipinski definition) is 2. The van der Waals surface area contributed by atoms with Crippen LogP contribution in [0.3, 0.4) is 0 Å². The first-order chi connectivity index (χ1) is 11.2. The minimum atomic E-state index is 0. The molecule has 2 heterocycles. The highest BCUT2D eigenvalue weighted by Gasteiger charge is 2.41. The quantitative estimate of drug-likeness (QED) is 0.232. The Labute approximate surface area is 165 Å². The smallest absolute Gasteiger partial charge is 0.191 e. The molecule has 2 N–H and O–H groups in total. The fourth-order valence-electron chi connectivity index (χ4n) is 3.55. The number of halogens is 1. The fourth-order valence-corrected chi connectivity index (χ4v) is 3.55. The molecule has 0 amide bonds. The van der Waals surface area contributed by atoms with Crippen molar-refractivity contribution in [2.45, 2.75) is 76.5 Å². The summed E-state index contributed by atoms with van der Waals surface area (Å²) in [5.74, 6) is 0.973. The highest BCUT2D eigenvalue weighted by molar-refractivity contribution is 14.0. The number of hydrogen-bond acceptors (Lipinski definition) is 3. The van der Waals surface area contributed by atoms with Crippen LogP contribution in [0.25, 0.3) is 0 Å². The molecule has 0 saturated carbocycles. The highest BCUT2D eigenvalue weighted by Crippen LogP contribution is 2.34. The molecule has 2 aliphatic rings. The average molecular weight is 452 g/mol. The Morgan fingerprint density at radius 1 is 1.12 bits per heavy atom. The zero-order chi connectivity index (χ0) is 16.5. The van der Waals surface area contributed by atoms with E-state index in [9.17, 15) is 0 Å². The molecule has 2 saturated heterocycles. The van der Waals surface area contributed by atoms with Gasteiger partial charge in [-0.25, -0.2) is 0 Å². The van der Waals surface area contributed by atoms with Crippen LogP contribution >= 0.6 is 24.0 Å². The van der Waals surface area contributed by atoms with Gasteiger partial charge in [0.1, 0.15) is 0 Å². The maximum atomic E-state index is 5.91. The molecule has 3 unspecified atom stereocenters.